The van der Waals surface area contributed by atoms with Crippen LogP contribution >= 0.6 is 46.0 Å². The number of hydrogen-bond acceptors (Lipinski definition) is 33. The smallest absolute Gasteiger partial charge is 0.410 e. The van der Waals surface area contributed by atoms with Gasteiger partial charge in [-0.3, -0.25) is 57.0 Å². The lowest BCUT2D eigenvalue weighted by atomic mass is 9.85. The number of carbonyl (C=O) groups is 10. The van der Waals surface area contributed by atoms with Gasteiger partial charge < -0.3 is 172 Å². The molecule has 7 aliphatic heterocycles. The van der Waals surface area contributed by atoms with E-state index in [1.165, 1.54) is 44.5 Å². The lowest BCUT2D eigenvalue weighted by Crippen LogP contribution is -2.65. The van der Waals surface area contributed by atoms with Crippen LogP contribution in [0.4, 0.5) is 4.79 Å². The Morgan fingerprint density at radius 2 is 1.27 bits per heavy atom. The number of ether oxygens (including phenoxy) is 8. The number of esters is 1. The number of rotatable bonds is 38. The van der Waals surface area contributed by atoms with Gasteiger partial charge in [-0.25, -0.2) is 9.59 Å². The van der Waals surface area contributed by atoms with Crippen LogP contribution in [-0.4, -0.2) is 269 Å². The third-order valence-corrected chi connectivity index (χ3v) is 30.1. The number of fused-ring (bicyclic) bond motifs is 15. The number of carboxylic acids is 1. The number of unbranched alkanes of at least 4 members (excludes halogenated alkanes) is 7. The standard InChI is InChI=1S/C92H120Cl2N11O37P3/c1-7-8-9-10-11-12-13-14-27-97-28-29-98-92(5)38-67(136-44(4)82(92)116)141-81-79(115)78(114)64(40-106)140-90(81)142-80-62-34-49-35-63(80)139-61-24-19-48(33-55(61)94)76(112)74-88(122)102-72(89(123)124)52-36-59(108)53(39-105(42-143(126,127)128)91(125)135-41-45-15-20-50(21-16-45)137-66(110)25-26-68(144(129,130)131)145(132,133)134)77(113)69(52)51-31-46(17-22-58(51)107)70(85(119)104-74)101-86(120)71(49)100-84(118)57(37-65(95)109)99-87(121)73(103-83(117)56(96-6)30-43(2)3)75(111)47-18-23-60(138-62)54(93)32-47/h15-24,31-36,43-44,56-57,64,67-68,70-76,78-79,81-82,90,96-98,106-108,111-116H,7-14,25-30,37-42H2,1-6H3,(H2,95,109)(H,99,121)(H,100,118)(H,101,120)(H,102,122)(H,103,117)(H,104,119)(H,123,124)(H2,126,127,128)(H2,129,130,131)(H2,132,133,134)/t44-,56+,57-,64+,67-,70+,71+,72-,73+,74-,75+,76+,78+,79-,81+,82+,90-,92-/m0/s1. The van der Waals surface area contributed by atoms with Crippen LogP contribution in [-0.2, 0) is 88.9 Å². The Labute approximate surface area is 839 Å². The maximum Gasteiger partial charge on any atom is 0.410 e. The molecular formula is C92H120Cl2N11O37P3. The van der Waals surface area contributed by atoms with Crippen LogP contribution in [0.5, 0.6) is 51.7 Å². The molecule has 18 atom stereocenters. The second kappa shape index (κ2) is 49.8. The minimum Gasteiger partial charge on any atom is -0.507 e. The molecule has 13 rings (SSSR count). The molecule has 2 fully saturated rings. The summed E-state index contributed by atoms with van der Waals surface area (Å²) in [5, 5.41) is 141. The van der Waals surface area contributed by atoms with Crippen molar-refractivity contribution in [3.05, 3.63) is 146 Å². The molecule has 8 amide bonds. The van der Waals surface area contributed by atoms with E-state index in [1.54, 1.807) is 27.7 Å². The van der Waals surface area contributed by atoms with Crippen LogP contribution < -0.4 is 72.5 Å². The van der Waals surface area contributed by atoms with E-state index in [2.05, 4.69) is 54.8 Å². The molecule has 7 heterocycles. The third kappa shape index (κ3) is 29.4. The molecule has 0 saturated carbocycles. The van der Waals surface area contributed by atoms with Crippen LogP contribution in [0.25, 0.3) is 11.1 Å². The number of phenolic OH excluding ortho intramolecular Hbond substituents is 3. The molecular weight excluding hydrogens is 2010 g/mol. The first-order valence-corrected chi connectivity index (χ1v) is 52.2. The summed E-state index contributed by atoms with van der Waals surface area (Å²) in [6.45, 7) is 7.33. The van der Waals surface area contributed by atoms with E-state index in [0.717, 1.165) is 111 Å². The largest absolute Gasteiger partial charge is 0.507 e. The Morgan fingerprint density at radius 1 is 0.669 bits per heavy atom. The number of amides is 8. The van der Waals surface area contributed by atoms with E-state index in [0.29, 0.717) is 19.2 Å². The molecule has 0 spiro atoms. The predicted molar refractivity (Wildman–Crippen MR) is 510 cm³/mol. The number of aliphatic hydroxyl groups excluding tert-OH is 6. The molecule has 27 N–H and O–H groups in total. The highest BCUT2D eigenvalue weighted by Gasteiger charge is 2.53. The van der Waals surface area contributed by atoms with Crippen LogP contribution in [0.2, 0.25) is 10.0 Å². The number of aliphatic carboxylic acids is 1. The third-order valence-electron chi connectivity index (χ3n) is 24.9. The minimum atomic E-state index is -5.50. The highest BCUT2D eigenvalue weighted by Crippen LogP contribution is 2.62. The predicted octanol–water partition coefficient (Wildman–Crippen LogP) is 4.11. The van der Waals surface area contributed by atoms with Crippen molar-refractivity contribution in [3.63, 3.8) is 0 Å². The number of nitrogens with one attached hydrogen (secondary N) is 9. The monoisotopic (exact) mass is 2130 g/mol. The SMILES string of the molecule is CCCCCCCCCCNCCN[C@@]1(C)C[C@H](O[C@H]2[C@H](Oc3c4cc5cc3Oc3ccc(cc3Cl)[C@@H](O)[C@@H](NC(=O)[C@@H](CC(C)C)NC)C(=O)N[C@@H](CC(N)=O)C(=O)N[C@H]5C(=O)N[C@H]3C(=O)N[C@H](C(=O)N[C@H](C(=O)O)c5cc(O)c(CN(CP(=O)(O)O)C(=O)OCc6ccc(OC(=O)CCC(P(=O)(O)O)P(=O)(O)O)cc6)c(O)c5-c5cc3ccc5O)[C@H](O)c3ccc(c(Cl)c3)O4)O[C@H](CO)[C@@H](O)[C@@H]2O)O[C@@H](C)[C@H]1O. The van der Waals surface area contributed by atoms with Gasteiger partial charge in [-0.05, 0) is 147 Å². The van der Waals surface area contributed by atoms with E-state index in [-0.39, 0.29) is 40.5 Å². The van der Waals surface area contributed by atoms with Crippen LogP contribution in [0.15, 0.2) is 97.1 Å². The van der Waals surface area contributed by atoms with E-state index in [4.69, 9.17) is 66.8 Å². The summed E-state index contributed by atoms with van der Waals surface area (Å²) in [5.74, 6) is -20.4. The Balaban J connectivity index is 1.05. The van der Waals surface area contributed by atoms with Gasteiger partial charge in [0.25, 0.3) is 0 Å². The van der Waals surface area contributed by atoms with E-state index < -0.39 is 337 Å². The second-order valence-corrected chi connectivity index (χ2v) is 42.8. The van der Waals surface area contributed by atoms with Crippen molar-refractivity contribution in [1.82, 2.24) is 52.8 Å². The van der Waals surface area contributed by atoms with Crippen molar-refractivity contribution in [2.45, 2.75) is 246 Å². The van der Waals surface area contributed by atoms with Crippen LogP contribution in [0, 0.1) is 5.92 Å². The van der Waals surface area contributed by atoms with Gasteiger partial charge in [-0.2, -0.15) is 0 Å². The summed E-state index contributed by atoms with van der Waals surface area (Å²) in [6, 6.07) is 0.417. The first-order valence-electron chi connectivity index (χ1n) is 46.3. The van der Waals surface area contributed by atoms with Crippen molar-refractivity contribution in [2.75, 3.05) is 39.6 Å². The summed E-state index contributed by atoms with van der Waals surface area (Å²) in [6.07, 6.45) is -15.6. The molecule has 2 saturated heterocycles. The summed E-state index contributed by atoms with van der Waals surface area (Å²) in [5.41, 5.74) is -0.814. The van der Waals surface area contributed by atoms with Gasteiger partial charge in [-0.1, -0.05) is 119 Å². The summed E-state index contributed by atoms with van der Waals surface area (Å²) < 4.78 is 86.6. The average molecular weight is 2140 g/mol. The Morgan fingerprint density at radius 3 is 1.86 bits per heavy atom. The number of likely N-dealkylation sites (N-methyl/N-ethyl adjacent to an activating group) is 1. The van der Waals surface area contributed by atoms with E-state index in [1.807, 2.05) is 0 Å². The van der Waals surface area contributed by atoms with Gasteiger partial charge in [0.15, 0.2) is 35.3 Å². The first-order chi connectivity index (χ1) is 68.3. The van der Waals surface area contributed by atoms with E-state index in [9.17, 15) is 118 Å². The maximum absolute atomic E-state index is 16.6. The van der Waals surface area contributed by atoms with Crippen molar-refractivity contribution in [2.24, 2.45) is 11.7 Å². The van der Waals surface area contributed by atoms with Crippen LogP contribution in [0.1, 0.15) is 187 Å². The fourth-order valence-corrected chi connectivity index (χ4v) is 20.9. The number of aliphatic hydroxyl groups is 6. The number of nitrogens with zero attached hydrogens (tertiary/aromatic N) is 1. The molecule has 794 valence electrons. The fraction of sp³-hybridized carbons (Fsp3) is 0.500. The molecule has 145 heavy (non-hydrogen) atoms. The van der Waals surface area contributed by atoms with Gasteiger partial charge >= 0.3 is 40.8 Å². The van der Waals surface area contributed by atoms with Crippen molar-refractivity contribution in [1.29, 1.82) is 0 Å². The first kappa shape index (κ1) is 114. The normalized spacial score (nSPS) is 24.4. The fourth-order valence-electron chi connectivity index (χ4n) is 17.2. The molecule has 6 aromatic rings. The zero-order chi connectivity index (χ0) is 106. The van der Waals surface area contributed by atoms with Crippen molar-refractivity contribution in [3.8, 4) is 62.9 Å². The average Bonchev–Trinajstić information content (AvgIpc) is 0.757. The number of carbonyl (C=O) groups excluding carboxylic acids is 9. The maximum atomic E-state index is 16.6. The zero-order valence-corrected chi connectivity index (χ0v) is 83.4. The number of carboxylic acid groups (broad SMARTS) is 1. The Kier molecular flexibility index (Phi) is 39.3. The summed E-state index contributed by atoms with van der Waals surface area (Å²) in [4.78, 5) is 207. The number of nitrogens with two attached hydrogens (primary N) is 1. The topological polar surface area (TPSA) is 757 Å². The van der Waals surface area contributed by atoms with Crippen LogP contribution in [0.3, 0.4) is 0 Å². The number of halogens is 2. The number of aromatic hydroxyl groups is 3. The highest BCUT2D eigenvalue weighted by atomic mass is 35.5. The van der Waals surface area contributed by atoms with Gasteiger partial charge in [0.1, 0.15) is 108 Å². The molecule has 6 aromatic carbocycles. The van der Waals surface area contributed by atoms with Crippen molar-refractivity contribution >= 4 is 105 Å². The van der Waals surface area contributed by atoms with Gasteiger partial charge in [-0.15, -0.1) is 0 Å². The zero-order valence-electron chi connectivity index (χ0n) is 79.2. The minimum absolute atomic E-state index is 0.0353. The molecule has 0 aromatic heterocycles. The number of hydrogen-bond donors (Lipinski definition) is 26. The molecule has 0 radical (unpaired) electrons. The molecule has 11 bridgehead atoms. The van der Waals surface area contributed by atoms with Gasteiger partial charge in [0, 0.05) is 48.2 Å². The summed E-state index contributed by atoms with van der Waals surface area (Å²) >= 11 is 14.4. The van der Waals surface area contributed by atoms with Gasteiger partial charge in [0.05, 0.1) is 53.4 Å². The second-order valence-electron chi connectivity index (χ2n) is 36.4. The molecule has 48 nitrogen and oxygen atoms in total. The number of primary amides is 1. The van der Waals surface area contributed by atoms with E-state index >= 15 is 24.0 Å². The molecule has 7 aliphatic rings. The highest BCUT2D eigenvalue weighted by molar-refractivity contribution is 7.70. The molecule has 0 unspecified atom stereocenters. The Bertz CT molecular complexity index is 5840. The summed E-state index contributed by atoms with van der Waals surface area (Å²) in [7, 11) is -14.9. The molecule has 0 aliphatic carbocycles. The lowest BCUT2D eigenvalue weighted by molar-refractivity contribution is -0.334. The van der Waals surface area contributed by atoms with Gasteiger partial charge in [0.2, 0.25) is 53.4 Å². The van der Waals surface area contributed by atoms with Crippen molar-refractivity contribution < 1.29 is 180 Å². The number of benzene rings is 6. The number of phenols is 3. The molecule has 53 heteroatoms. The Hall–Kier alpha value is -10.8. The lowest BCUT2D eigenvalue weighted by Gasteiger charge is -2.48. The quantitative estimate of drug-likeness (QED) is 0.0112.